The summed E-state index contributed by atoms with van der Waals surface area (Å²) in [5, 5.41) is 3.57. The van der Waals surface area contributed by atoms with Crippen molar-refractivity contribution in [1.82, 2.24) is 14.5 Å². The number of hydrogen-bond donors (Lipinski definition) is 1. The van der Waals surface area contributed by atoms with E-state index in [1.165, 1.54) is 24.3 Å². The number of pyridine rings is 1. The summed E-state index contributed by atoms with van der Waals surface area (Å²) in [5.41, 5.74) is 1.11. The minimum atomic E-state index is 0.601. The Balaban J connectivity index is 1.70. The molecule has 2 aromatic heterocycles. The predicted octanol–water partition coefficient (Wildman–Crippen LogP) is 2.88. The number of rotatable bonds is 3. The highest BCUT2D eigenvalue weighted by Crippen LogP contribution is 2.21. The first kappa shape index (κ1) is 12.5. The molecule has 1 N–H and O–H groups in total. The van der Waals surface area contributed by atoms with E-state index in [0.717, 1.165) is 17.3 Å². The van der Waals surface area contributed by atoms with Gasteiger partial charge in [0.1, 0.15) is 11.6 Å². The normalized spacial score (nSPS) is 16.5. The van der Waals surface area contributed by atoms with Gasteiger partial charge in [-0.15, -0.1) is 0 Å². The summed E-state index contributed by atoms with van der Waals surface area (Å²) in [6.45, 7) is 1.98. The lowest BCUT2D eigenvalue weighted by Gasteiger charge is -2.23. The number of anilines is 1. The number of nitrogens with zero attached hydrogens (tertiary/aromatic N) is 3. The first-order chi connectivity index (χ1) is 9.33. The Morgan fingerprint density at radius 3 is 2.74 bits per heavy atom. The van der Waals surface area contributed by atoms with Crippen LogP contribution < -0.4 is 5.32 Å². The second-order valence-corrected chi connectivity index (χ2v) is 6.01. The zero-order valence-electron chi connectivity index (χ0n) is 11.0. The van der Waals surface area contributed by atoms with Gasteiger partial charge in [-0.2, -0.15) is 11.8 Å². The van der Waals surface area contributed by atoms with Crippen LogP contribution in [-0.4, -0.2) is 32.1 Å². The summed E-state index contributed by atoms with van der Waals surface area (Å²) in [5.74, 6) is 4.40. The van der Waals surface area contributed by atoms with E-state index >= 15 is 0 Å². The molecule has 3 rings (SSSR count). The van der Waals surface area contributed by atoms with Gasteiger partial charge < -0.3 is 5.32 Å². The number of aryl methyl sites for hydroxylation is 1. The number of imidazole rings is 1. The number of nitrogens with one attached hydrogen (secondary N) is 1. The van der Waals surface area contributed by atoms with Crippen LogP contribution in [0, 0.1) is 6.92 Å². The molecule has 5 heteroatoms. The molecule has 3 heterocycles. The Morgan fingerprint density at radius 2 is 2.11 bits per heavy atom. The first-order valence-electron chi connectivity index (χ1n) is 6.63. The maximum Gasteiger partial charge on any atom is 0.138 e. The lowest BCUT2D eigenvalue weighted by molar-refractivity contribution is 0.666. The maximum absolute atomic E-state index is 4.50. The summed E-state index contributed by atoms with van der Waals surface area (Å²) < 4.78 is 1.99. The Hall–Kier alpha value is -1.49. The van der Waals surface area contributed by atoms with Crippen LogP contribution in [0.3, 0.4) is 0 Å². The van der Waals surface area contributed by atoms with Crippen molar-refractivity contribution in [2.75, 3.05) is 16.8 Å². The molecule has 0 radical (unpaired) electrons. The zero-order chi connectivity index (χ0) is 13.1. The molecule has 4 nitrogen and oxygen atoms in total. The van der Waals surface area contributed by atoms with Gasteiger partial charge in [0.2, 0.25) is 0 Å². The Bertz CT molecular complexity index is 529. The molecular formula is C14H18N4S. The van der Waals surface area contributed by atoms with Crippen LogP contribution in [0.4, 0.5) is 5.69 Å². The van der Waals surface area contributed by atoms with Crippen molar-refractivity contribution < 1.29 is 0 Å². The second-order valence-electron chi connectivity index (χ2n) is 4.78. The summed E-state index contributed by atoms with van der Waals surface area (Å²) in [7, 11) is 0. The van der Waals surface area contributed by atoms with Crippen LogP contribution in [0.1, 0.15) is 18.7 Å². The van der Waals surface area contributed by atoms with Gasteiger partial charge in [-0.25, -0.2) is 9.97 Å². The standard InChI is InChI=1S/C14H18N4S/c1-11-15-6-7-18(11)14-3-2-13(10-16-14)17-12-4-8-19-9-5-12/h2-3,6-7,10,12,17H,4-5,8-9H2,1H3. The van der Waals surface area contributed by atoms with Crippen molar-refractivity contribution in [2.24, 2.45) is 0 Å². The van der Waals surface area contributed by atoms with E-state index in [1.807, 2.05) is 41.7 Å². The third kappa shape index (κ3) is 2.92. The average molecular weight is 274 g/mol. The van der Waals surface area contributed by atoms with E-state index in [2.05, 4.69) is 21.4 Å². The van der Waals surface area contributed by atoms with Crippen LogP contribution in [0.5, 0.6) is 0 Å². The monoisotopic (exact) mass is 274 g/mol. The predicted molar refractivity (Wildman–Crippen MR) is 80.1 cm³/mol. The fourth-order valence-electron chi connectivity index (χ4n) is 2.31. The molecule has 1 fully saturated rings. The minimum Gasteiger partial charge on any atom is -0.381 e. The summed E-state index contributed by atoms with van der Waals surface area (Å²) in [6, 6.07) is 4.74. The van der Waals surface area contributed by atoms with Crippen molar-refractivity contribution in [2.45, 2.75) is 25.8 Å². The van der Waals surface area contributed by atoms with Gasteiger partial charge in [0, 0.05) is 18.4 Å². The molecule has 2 aromatic rings. The molecule has 1 saturated heterocycles. The minimum absolute atomic E-state index is 0.601. The topological polar surface area (TPSA) is 42.7 Å². The molecule has 1 aliphatic heterocycles. The van der Waals surface area contributed by atoms with Gasteiger partial charge in [-0.05, 0) is 43.4 Å². The Kier molecular flexibility index (Phi) is 3.73. The summed E-state index contributed by atoms with van der Waals surface area (Å²) in [6.07, 6.45) is 8.13. The highest BCUT2D eigenvalue weighted by molar-refractivity contribution is 7.99. The quantitative estimate of drug-likeness (QED) is 0.934. The molecule has 0 amide bonds. The molecule has 1 aliphatic rings. The van der Waals surface area contributed by atoms with Crippen molar-refractivity contribution in [3.63, 3.8) is 0 Å². The molecule has 0 bridgehead atoms. The van der Waals surface area contributed by atoms with Gasteiger partial charge >= 0.3 is 0 Å². The van der Waals surface area contributed by atoms with E-state index in [4.69, 9.17) is 0 Å². The SMILES string of the molecule is Cc1nccn1-c1ccc(NC2CCSCC2)cn1. The smallest absolute Gasteiger partial charge is 0.138 e. The number of hydrogen-bond acceptors (Lipinski definition) is 4. The molecule has 0 atom stereocenters. The summed E-state index contributed by atoms with van der Waals surface area (Å²) >= 11 is 2.05. The number of aromatic nitrogens is 3. The lowest BCUT2D eigenvalue weighted by Crippen LogP contribution is -2.24. The van der Waals surface area contributed by atoms with Gasteiger partial charge in [0.25, 0.3) is 0 Å². The first-order valence-corrected chi connectivity index (χ1v) is 7.79. The molecule has 0 spiro atoms. The van der Waals surface area contributed by atoms with Crippen molar-refractivity contribution >= 4 is 17.4 Å². The van der Waals surface area contributed by atoms with E-state index in [9.17, 15) is 0 Å². The van der Waals surface area contributed by atoms with Crippen LogP contribution in [0.2, 0.25) is 0 Å². The van der Waals surface area contributed by atoms with Crippen molar-refractivity contribution in [3.05, 3.63) is 36.5 Å². The fourth-order valence-corrected chi connectivity index (χ4v) is 3.42. The average Bonchev–Trinajstić information content (AvgIpc) is 2.87. The van der Waals surface area contributed by atoms with Crippen LogP contribution in [0.15, 0.2) is 30.7 Å². The largest absolute Gasteiger partial charge is 0.381 e. The molecule has 0 saturated carbocycles. The van der Waals surface area contributed by atoms with Gasteiger partial charge in [0.05, 0.1) is 11.9 Å². The molecule has 0 unspecified atom stereocenters. The summed E-state index contributed by atoms with van der Waals surface area (Å²) in [4.78, 5) is 8.72. The molecular weight excluding hydrogens is 256 g/mol. The third-order valence-corrected chi connectivity index (χ3v) is 4.46. The maximum atomic E-state index is 4.50. The van der Waals surface area contributed by atoms with E-state index in [0.29, 0.717) is 6.04 Å². The fraction of sp³-hybridized carbons (Fsp3) is 0.429. The van der Waals surface area contributed by atoms with E-state index < -0.39 is 0 Å². The third-order valence-electron chi connectivity index (χ3n) is 3.41. The van der Waals surface area contributed by atoms with Crippen molar-refractivity contribution in [1.29, 1.82) is 0 Å². The van der Waals surface area contributed by atoms with Gasteiger partial charge in [-0.3, -0.25) is 4.57 Å². The molecule has 19 heavy (non-hydrogen) atoms. The molecule has 0 aliphatic carbocycles. The van der Waals surface area contributed by atoms with Gasteiger partial charge in [-0.1, -0.05) is 0 Å². The van der Waals surface area contributed by atoms with Crippen molar-refractivity contribution in [3.8, 4) is 5.82 Å². The molecule has 100 valence electrons. The number of thioether (sulfide) groups is 1. The van der Waals surface area contributed by atoms with Crippen LogP contribution in [-0.2, 0) is 0 Å². The van der Waals surface area contributed by atoms with Crippen LogP contribution in [0.25, 0.3) is 5.82 Å². The van der Waals surface area contributed by atoms with E-state index in [-0.39, 0.29) is 0 Å². The zero-order valence-corrected chi connectivity index (χ0v) is 11.9. The highest BCUT2D eigenvalue weighted by atomic mass is 32.2. The van der Waals surface area contributed by atoms with E-state index in [1.54, 1.807) is 6.20 Å². The molecule has 0 aromatic carbocycles. The van der Waals surface area contributed by atoms with Gasteiger partial charge in [0.15, 0.2) is 0 Å². The Labute approximate surface area is 117 Å². The second kappa shape index (κ2) is 5.65. The highest BCUT2D eigenvalue weighted by Gasteiger charge is 2.13. The Morgan fingerprint density at radius 1 is 1.26 bits per heavy atom. The lowest BCUT2D eigenvalue weighted by atomic mass is 10.1. The van der Waals surface area contributed by atoms with Crippen LogP contribution >= 0.6 is 11.8 Å².